The number of aromatic carboxylic acids is 1. The Morgan fingerprint density at radius 3 is 2.95 bits per heavy atom. The van der Waals surface area contributed by atoms with Crippen molar-refractivity contribution in [1.82, 2.24) is 30.6 Å². The van der Waals surface area contributed by atoms with Crippen LogP contribution in [0.1, 0.15) is 15.4 Å². The first-order valence-corrected chi connectivity index (χ1v) is 6.38. The van der Waals surface area contributed by atoms with Crippen molar-refractivity contribution in [3.8, 4) is 22.1 Å². The number of carbonyl (C=O) groups is 1. The SMILES string of the molecule is Cc1nc(-c2ccnc(-c3nn[nH]n3)c2)sc1C(=O)O. The van der Waals surface area contributed by atoms with Gasteiger partial charge in [0.05, 0.1) is 5.69 Å². The van der Waals surface area contributed by atoms with Crippen molar-refractivity contribution in [2.45, 2.75) is 6.92 Å². The molecular weight excluding hydrogens is 280 g/mol. The third-order valence-corrected chi connectivity index (χ3v) is 3.77. The summed E-state index contributed by atoms with van der Waals surface area (Å²) in [4.78, 5) is 19.7. The number of rotatable bonds is 3. The Kier molecular flexibility index (Phi) is 2.95. The number of nitrogens with zero attached hydrogens (tertiary/aromatic N) is 5. The number of aromatic nitrogens is 6. The van der Waals surface area contributed by atoms with Gasteiger partial charge in [-0.05, 0) is 24.3 Å². The zero-order chi connectivity index (χ0) is 14.1. The van der Waals surface area contributed by atoms with Gasteiger partial charge >= 0.3 is 5.97 Å². The summed E-state index contributed by atoms with van der Waals surface area (Å²) in [6.07, 6.45) is 1.60. The van der Waals surface area contributed by atoms with Crippen LogP contribution < -0.4 is 0 Å². The molecule has 3 aromatic heterocycles. The first-order valence-electron chi connectivity index (χ1n) is 5.56. The van der Waals surface area contributed by atoms with E-state index in [1.165, 1.54) is 0 Å². The number of H-pyrrole nitrogens is 1. The molecule has 0 amide bonds. The fourth-order valence-electron chi connectivity index (χ4n) is 1.67. The lowest BCUT2D eigenvalue weighted by Crippen LogP contribution is -1.94. The Hall–Kier alpha value is -2.68. The molecule has 0 unspecified atom stereocenters. The normalized spacial score (nSPS) is 10.7. The second kappa shape index (κ2) is 4.78. The van der Waals surface area contributed by atoms with Crippen LogP contribution in [0.4, 0.5) is 0 Å². The molecule has 3 rings (SSSR count). The Bertz CT molecular complexity index is 767. The standard InChI is InChI=1S/C11H8N6O2S/c1-5-8(11(18)19)20-10(13-5)6-2-3-12-7(4-6)9-14-16-17-15-9/h2-4H,1H3,(H,18,19)(H,14,15,16,17). The van der Waals surface area contributed by atoms with Crippen LogP contribution in [-0.2, 0) is 0 Å². The molecule has 0 radical (unpaired) electrons. The average molecular weight is 288 g/mol. The minimum atomic E-state index is -0.973. The summed E-state index contributed by atoms with van der Waals surface area (Å²) in [6, 6.07) is 3.50. The molecule has 0 bridgehead atoms. The number of thiazole rings is 1. The molecular formula is C11H8N6O2S. The Morgan fingerprint density at radius 2 is 2.30 bits per heavy atom. The van der Waals surface area contributed by atoms with E-state index in [0.29, 0.717) is 22.2 Å². The summed E-state index contributed by atoms with van der Waals surface area (Å²) < 4.78 is 0. The highest BCUT2D eigenvalue weighted by Gasteiger charge is 2.16. The van der Waals surface area contributed by atoms with E-state index in [2.05, 4.69) is 30.6 Å². The molecule has 0 aliphatic rings. The summed E-state index contributed by atoms with van der Waals surface area (Å²) in [5, 5.41) is 23.2. The zero-order valence-electron chi connectivity index (χ0n) is 10.2. The summed E-state index contributed by atoms with van der Waals surface area (Å²) in [6.45, 7) is 1.67. The second-order valence-electron chi connectivity index (χ2n) is 3.90. The van der Waals surface area contributed by atoms with Gasteiger partial charge in [0.25, 0.3) is 0 Å². The Balaban J connectivity index is 2.05. The van der Waals surface area contributed by atoms with Gasteiger partial charge in [0.2, 0.25) is 5.82 Å². The summed E-state index contributed by atoms with van der Waals surface area (Å²) in [7, 11) is 0. The molecule has 0 aliphatic heterocycles. The quantitative estimate of drug-likeness (QED) is 0.747. The van der Waals surface area contributed by atoms with Crippen LogP contribution in [0.15, 0.2) is 18.3 Å². The molecule has 0 saturated carbocycles. The van der Waals surface area contributed by atoms with Gasteiger partial charge in [0.15, 0.2) is 0 Å². The topological polar surface area (TPSA) is 118 Å². The molecule has 100 valence electrons. The molecule has 0 aliphatic carbocycles. The second-order valence-corrected chi connectivity index (χ2v) is 4.90. The van der Waals surface area contributed by atoms with Gasteiger partial charge in [-0.25, -0.2) is 9.78 Å². The molecule has 3 heterocycles. The molecule has 9 heteroatoms. The lowest BCUT2D eigenvalue weighted by Gasteiger charge is -1.97. The third-order valence-electron chi connectivity index (χ3n) is 2.57. The van der Waals surface area contributed by atoms with Gasteiger partial charge in [-0.1, -0.05) is 0 Å². The number of tetrazole rings is 1. The Morgan fingerprint density at radius 1 is 1.45 bits per heavy atom. The van der Waals surface area contributed by atoms with Gasteiger partial charge in [-0.2, -0.15) is 5.21 Å². The fraction of sp³-hybridized carbons (Fsp3) is 0.0909. The highest BCUT2D eigenvalue weighted by molar-refractivity contribution is 7.17. The predicted octanol–water partition coefficient (Wildman–Crippen LogP) is 1.39. The van der Waals surface area contributed by atoms with Crippen molar-refractivity contribution in [1.29, 1.82) is 0 Å². The molecule has 0 saturated heterocycles. The molecule has 8 nitrogen and oxygen atoms in total. The summed E-state index contributed by atoms with van der Waals surface area (Å²) in [5.41, 5.74) is 1.80. The maximum absolute atomic E-state index is 11.0. The van der Waals surface area contributed by atoms with Gasteiger partial charge < -0.3 is 5.11 Å². The van der Waals surface area contributed by atoms with E-state index in [1.807, 2.05) is 0 Å². The van der Waals surface area contributed by atoms with Gasteiger partial charge in [-0.15, -0.1) is 21.5 Å². The van der Waals surface area contributed by atoms with Crippen molar-refractivity contribution in [3.05, 3.63) is 28.9 Å². The van der Waals surface area contributed by atoms with Gasteiger partial charge in [-0.3, -0.25) is 4.98 Å². The van der Waals surface area contributed by atoms with Crippen LogP contribution in [0.25, 0.3) is 22.1 Å². The third kappa shape index (κ3) is 2.14. The first-order chi connectivity index (χ1) is 9.65. The number of hydrogen-bond donors (Lipinski definition) is 2. The molecule has 0 spiro atoms. The van der Waals surface area contributed by atoms with E-state index in [-0.39, 0.29) is 4.88 Å². The number of aryl methyl sites for hydroxylation is 1. The number of aromatic amines is 1. The van der Waals surface area contributed by atoms with E-state index in [1.54, 1.807) is 25.3 Å². The first kappa shape index (κ1) is 12.4. The predicted molar refractivity (Wildman–Crippen MR) is 70.2 cm³/mol. The fourth-order valence-corrected chi connectivity index (χ4v) is 2.58. The average Bonchev–Trinajstić information content (AvgIpc) is 3.08. The van der Waals surface area contributed by atoms with Crippen molar-refractivity contribution in [3.63, 3.8) is 0 Å². The monoisotopic (exact) mass is 288 g/mol. The highest BCUT2D eigenvalue weighted by Crippen LogP contribution is 2.29. The number of hydrogen-bond acceptors (Lipinski definition) is 7. The van der Waals surface area contributed by atoms with Crippen LogP contribution in [0.5, 0.6) is 0 Å². The van der Waals surface area contributed by atoms with Crippen LogP contribution in [-0.4, -0.2) is 41.7 Å². The van der Waals surface area contributed by atoms with E-state index in [0.717, 1.165) is 16.9 Å². The number of carboxylic acid groups (broad SMARTS) is 1. The smallest absolute Gasteiger partial charge is 0.347 e. The zero-order valence-corrected chi connectivity index (χ0v) is 11.0. The maximum Gasteiger partial charge on any atom is 0.347 e. The van der Waals surface area contributed by atoms with Crippen LogP contribution >= 0.6 is 11.3 Å². The number of pyridine rings is 1. The van der Waals surface area contributed by atoms with E-state index >= 15 is 0 Å². The largest absolute Gasteiger partial charge is 0.477 e. The minimum absolute atomic E-state index is 0.234. The van der Waals surface area contributed by atoms with Crippen LogP contribution in [0.3, 0.4) is 0 Å². The van der Waals surface area contributed by atoms with Crippen molar-refractivity contribution >= 4 is 17.3 Å². The van der Waals surface area contributed by atoms with Gasteiger partial charge in [0, 0.05) is 11.8 Å². The van der Waals surface area contributed by atoms with Gasteiger partial charge in [0.1, 0.15) is 15.6 Å². The molecule has 0 atom stereocenters. The summed E-state index contributed by atoms with van der Waals surface area (Å²) in [5.74, 6) is -0.600. The lowest BCUT2D eigenvalue weighted by atomic mass is 10.2. The number of carboxylic acids is 1. The molecule has 3 aromatic rings. The molecule has 0 fully saturated rings. The van der Waals surface area contributed by atoms with E-state index in [9.17, 15) is 4.79 Å². The van der Waals surface area contributed by atoms with Crippen molar-refractivity contribution < 1.29 is 9.90 Å². The summed E-state index contributed by atoms with van der Waals surface area (Å²) >= 11 is 1.12. The lowest BCUT2D eigenvalue weighted by molar-refractivity contribution is 0.0701. The highest BCUT2D eigenvalue weighted by atomic mass is 32.1. The number of nitrogens with one attached hydrogen (secondary N) is 1. The van der Waals surface area contributed by atoms with E-state index in [4.69, 9.17) is 5.11 Å². The minimum Gasteiger partial charge on any atom is -0.477 e. The molecule has 20 heavy (non-hydrogen) atoms. The Labute approximate surface area is 116 Å². The van der Waals surface area contributed by atoms with Crippen LogP contribution in [0, 0.1) is 6.92 Å². The molecule has 2 N–H and O–H groups in total. The van der Waals surface area contributed by atoms with Crippen LogP contribution in [0.2, 0.25) is 0 Å². The van der Waals surface area contributed by atoms with Crippen molar-refractivity contribution in [2.75, 3.05) is 0 Å². The van der Waals surface area contributed by atoms with E-state index < -0.39 is 5.97 Å². The van der Waals surface area contributed by atoms with Crippen molar-refractivity contribution in [2.24, 2.45) is 0 Å². The maximum atomic E-state index is 11.0. The molecule has 0 aromatic carbocycles.